The van der Waals surface area contributed by atoms with Crippen LogP contribution in [0, 0.1) is 0 Å². The second-order valence-corrected chi connectivity index (χ2v) is 6.56. The summed E-state index contributed by atoms with van der Waals surface area (Å²) in [6.07, 6.45) is 3.72. The Labute approximate surface area is 145 Å². The first-order valence-corrected chi connectivity index (χ1v) is 8.77. The van der Waals surface area contributed by atoms with E-state index in [4.69, 9.17) is 4.42 Å². The Morgan fingerprint density at radius 1 is 1.25 bits per heavy atom. The lowest BCUT2D eigenvalue weighted by Crippen LogP contribution is -2.17. The minimum Gasteiger partial charge on any atom is -0.451 e. The van der Waals surface area contributed by atoms with E-state index in [1.807, 2.05) is 55.6 Å². The van der Waals surface area contributed by atoms with Crippen molar-refractivity contribution in [2.24, 2.45) is 0 Å². The monoisotopic (exact) mass is 341 g/mol. The van der Waals surface area contributed by atoms with E-state index in [9.17, 15) is 4.79 Å². The molecule has 0 saturated carbocycles. The first-order chi connectivity index (χ1) is 11.6. The molecular weight excluding hydrogens is 322 g/mol. The number of hydrogen-bond acceptors (Lipinski definition) is 5. The molecule has 3 aromatic rings. The van der Waals surface area contributed by atoms with Crippen LogP contribution >= 0.6 is 11.8 Å². The van der Waals surface area contributed by atoms with Crippen molar-refractivity contribution in [3.63, 3.8) is 0 Å². The van der Waals surface area contributed by atoms with E-state index in [1.54, 1.807) is 24.0 Å². The molecule has 0 saturated heterocycles. The van der Waals surface area contributed by atoms with E-state index in [-0.39, 0.29) is 5.91 Å². The van der Waals surface area contributed by atoms with Crippen LogP contribution in [-0.2, 0) is 6.54 Å². The average Bonchev–Trinajstić information content (AvgIpc) is 2.94. The third-order valence-corrected chi connectivity index (χ3v) is 4.31. The number of nitrogens with one attached hydrogen (secondary N) is 1. The topological polar surface area (TPSA) is 58.4 Å². The Bertz CT molecular complexity index is 856. The molecule has 2 aromatic heterocycles. The summed E-state index contributed by atoms with van der Waals surface area (Å²) < 4.78 is 5.81. The summed E-state index contributed by atoms with van der Waals surface area (Å²) in [5.74, 6) is 0.558. The quantitative estimate of drug-likeness (QED) is 0.714. The van der Waals surface area contributed by atoms with Crippen LogP contribution in [0.4, 0.5) is 5.82 Å². The number of hydrogen-bond donors (Lipinski definition) is 1. The molecule has 1 N–H and O–H groups in total. The Morgan fingerprint density at radius 2 is 2.04 bits per heavy atom. The summed E-state index contributed by atoms with van der Waals surface area (Å²) in [7, 11) is 3.93. The van der Waals surface area contributed by atoms with Gasteiger partial charge in [-0.2, -0.15) is 0 Å². The number of thioether (sulfide) groups is 1. The molecule has 0 fully saturated rings. The Kier molecular flexibility index (Phi) is 4.87. The molecule has 0 aliphatic carbocycles. The van der Waals surface area contributed by atoms with Gasteiger partial charge >= 0.3 is 0 Å². The maximum Gasteiger partial charge on any atom is 0.292 e. The molecule has 124 valence electrons. The lowest BCUT2D eigenvalue weighted by Gasteiger charge is -2.10. The van der Waals surface area contributed by atoms with Gasteiger partial charge in [0.2, 0.25) is 0 Å². The van der Waals surface area contributed by atoms with Gasteiger partial charge in [-0.15, -0.1) is 11.8 Å². The van der Waals surface area contributed by atoms with Crippen molar-refractivity contribution in [2.75, 3.05) is 25.7 Å². The summed E-state index contributed by atoms with van der Waals surface area (Å²) in [6, 6.07) is 11.4. The zero-order chi connectivity index (χ0) is 17.1. The summed E-state index contributed by atoms with van der Waals surface area (Å²) in [5, 5.41) is 3.77. The molecule has 0 atom stereocenters. The van der Waals surface area contributed by atoms with Crippen molar-refractivity contribution >= 4 is 34.5 Å². The molecule has 1 amide bonds. The van der Waals surface area contributed by atoms with Gasteiger partial charge in [0.05, 0.1) is 0 Å². The van der Waals surface area contributed by atoms with Crippen molar-refractivity contribution < 1.29 is 9.21 Å². The van der Waals surface area contributed by atoms with Crippen molar-refractivity contribution in [1.82, 2.24) is 9.88 Å². The van der Waals surface area contributed by atoms with E-state index in [0.717, 1.165) is 15.8 Å². The molecule has 0 radical (unpaired) electrons. The van der Waals surface area contributed by atoms with Gasteiger partial charge < -0.3 is 14.6 Å². The number of furan rings is 1. The summed E-state index contributed by atoms with van der Waals surface area (Å²) >= 11 is 1.61. The van der Waals surface area contributed by atoms with Crippen LogP contribution in [0.5, 0.6) is 0 Å². The third-order valence-electron chi connectivity index (χ3n) is 3.59. The lowest BCUT2D eigenvalue weighted by atomic mass is 10.1. The Morgan fingerprint density at radius 3 is 2.71 bits per heavy atom. The van der Waals surface area contributed by atoms with Crippen LogP contribution in [0.1, 0.15) is 16.1 Å². The standard InChI is InChI=1S/C18H19N3O2S/c1-21(2)11-14-13-6-4-5-7-15(13)23-17(14)18(22)20-16-9-8-12(24-3)10-19-16/h4-10H,11H2,1-3H3,(H,19,20,22). The molecular formula is C18H19N3O2S. The van der Waals surface area contributed by atoms with Crippen LogP contribution in [0.25, 0.3) is 11.0 Å². The number of para-hydroxylation sites is 1. The highest BCUT2D eigenvalue weighted by Gasteiger charge is 2.21. The molecule has 6 heteroatoms. The number of amides is 1. The number of rotatable bonds is 5. The van der Waals surface area contributed by atoms with Crippen LogP contribution in [0.3, 0.4) is 0 Å². The number of pyridine rings is 1. The molecule has 0 unspecified atom stereocenters. The van der Waals surface area contributed by atoms with Crippen molar-refractivity contribution in [1.29, 1.82) is 0 Å². The number of carbonyl (C=O) groups excluding carboxylic acids is 1. The number of anilines is 1. The molecule has 2 heterocycles. The zero-order valence-corrected chi connectivity index (χ0v) is 14.7. The minimum atomic E-state index is -0.285. The van der Waals surface area contributed by atoms with E-state index < -0.39 is 0 Å². The fraction of sp³-hybridized carbons (Fsp3) is 0.222. The largest absolute Gasteiger partial charge is 0.451 e. The second kappa shape index (κ2) is 7.07. The van der Waals surface area contributed by atoms with E-state index in [2.05, 4.69) is 10.3 Å². The zero-order valence-electron chi connectivity index (χ0n) is 13.9. The van der Waals surface area contributed by atoms with Gasteiger partial charge in [0.25, 0.3) is 5.91 Å². The van der Waals surface area contributed by atoms with Gasteiger partial charge in [-0.1, -0.05) is 18.2 Å². The van der Waals surface area contributed by atoms with Crippen molar-refractivity contribution in [2.45, 2.75) is 11.4 Å². The highest BCUT2D eigenvalue weighted by Crippen LogP contribution is 2.27. The van der Waals surface area contributed by atoms with Gasteiger partial charge in [-0.3, -0.25) is 4.79 Å². The maximum atomic E-state index is 12.7. The summed E-state index contributed by atoms with van der Waals surface area (Å²) in [5.41, 5.74) is 1.60. The summed E-state index contributed by atoms with van der Waals surface area (Å²) in [4.78, 5) is 20.0. The summed E-state index contributed by atoms with van der Waals surface area (Å²) in [6.45, 7) is 0.624. The van der Waals surface area contributed by atoms with Crippen LogP contribution < -0.4 is 5.32 Å². The fourth-order valence-electron chi connectivity index (χ4n) is 2.50. The van der Waals surface area contributed by atoms with Gasteiger partial charge in [0.1, 0.15) is 11.4 Å². The average molecular weight is 341 g/mol. The highest BCUT2D eigenvalue weighted by atomic mass is 32.2. The van der Waals surface area contributed by atoms with Crippen molar-refractivity contribution in [3.8, 4) is 0 Å². The van der Waals surface area contributed by atoms with Gasteiger partial charge in [-0.25, -0.2) is 4.98 Å². The van der Waals surface area contributed by atoms with Gasteiger partial charge in [-0.05, 0) is 38.6 Å². The smallest absolute Gasteiger partial charge is 0.292 e. The molecule has 0 spiro atoms. The first-order valence-electron chi connectivity index (χ1n) is 7.55. The highest BCUT2D eigenvalue weighted by molar-refractivity contribution is 7.98. The number of aromatic nitrogens is 1. The maximum absolute atomic E-state index is 12.7. The van der Waals surface area contributed by atoms with Crippen LogP contribution in [0.15, 0.2) is 51.9 Å². The van der Waals surface area contributed by atoms with Crippen LogP contribution in [0.2, 0.25) is 0 Å². The molecule has 3 rings (SSSR count). The van der Waals surface area contributed by atoms with Crippen molar-refractivity contribution in [3.05, 3.63) is 53.9 Å². The fourth-order valence-corrected chi connectivity index (χ4v) is 2.87. The normalized spacial score (nSPS) is 11.2. The molecule has 0 aliphatic rings. The number of benzene rings is 1. The van der Waals surface area contributed by atoms with E-state index >= 15 is 0 Å². The molecule has 5 nitrogen and oxygen atoms in total. The Balaban J connectivity index is 1.93. The number of carbonyl (C=O) groups is 1. The SMILES string of the molecule is CSc1ccc(NC(=O)c2oc3ccccc3c2CN(C)C)nc1. The molecule has 0 bridgehead atoms. The predicted molar refractivity (Wildman–Crippen MR) is 97.6 cm³/mol. The number of fused-ring (bicyclic) bond motifs is 1. The third kappa shape index (κ3) is 3.44. The molecule has 0 aliphatic heterocycles. The molecule has 24 heavy (non-hydrogen) atoms. The van der Waals surface area contributed by atoms with Crippen LogP contribution in [-0.4, -0.2) is 36.1 Å². The minimum absolute atomic E-state index is 0.285. The van der Waals surface area contributed by atoms with E-state index in [1.165, 1.54) is 0 Å². The van der Waals surface area contributed by atoms with Gasteiger partial charge in [0.15, 0.2) is 5.76 Å². The number of nitrogens with zero attached hydrogens (tertiary/aromatic N) is 2. The molecule has 1 aromatic carbocycles. The first kappa shape index (κ1) is 16.5. The van der Waals surface area contributed by atoms with E-state index in [0.29, 0.717) is 23.7 Å². The lowest BCUT2D eigenvalue weighted by molar-refractivity contribution is 0.0996. The second-order valence-electron chi connectivity index (χ2n) is 5.68. The van der Waals surface area contributed by atoms with Gasteiger partial charge in [0, 0.05) is 28.6 Å². The Hall–Kier alpha value is -2.31. The predicted octanol–water partition coefficient (Wildman–Crippen LogP) is 3.86.